The zero-order valence-electron chi connectivity index (χ0n) is 11.5. The van der Waals surface area contributed by atoms with Gasteiger partial charge in [0.25, 0.3) is 0 Å². The Morgan fingerprint density at radius 1 is 1.21 bits per heavy atom. The van der Waals surface area contributed by atoms with Crippen molar-refractivity contribution >= 4 is 5.69 Å². The van der Waals surface area contributed by atoms with Crippen LogP contribution in [-0.2, 0) is 6.42 Å². The van der Waals surface area contributed by atoms with Crippen molar-refractivity contribution in [1.29, 1.82) is 0 Å². The van der Waals surface area contributed by atoms with Crippen LogP contribution in [0.25, 0.3) is 0 Å². The van der Waals surface area contributed by atoms with Crippen molar-refractivity contribution in [3.05, 3.63) is 23.8 Å². The van der Waals surface area contributed by atoms with Crippen LogP contribution in [0, 0.1) is 17.8 Å². The molecular formula is C17H23NO. The van der Waals surface area contributed by atoms with Crippen LogP contribution in [0.2, 0.25) is 0 Å². The largest absolute Gasteiger partial charge is 0.491 e. The molecule has 1 aromatic carbocycles. The summed E-state index contributed by atoms with van der Waals surface area (Å²) in [5, 5.41) is 3.52. The Morgan fingerprint density at radius 2 is 2.21 bits per heavy atom. The van der Waals surface area contributed by atoms with E-state index in [1.54, 1.807) is 0 Å². The van der Waals surface area contributed by atoms with Gasteiger partial charge in [-0.15, -0.1) is 0 Å². The molecule has 2 fully saturated rings. The predicted molar refractivity (Wildman–Crippen MR) is 77.7 cm³/mol. The molecule has 0 saturated heterocycles. The smallest absolute Gasteiger partial charge is 0.142 e. The second-order valence-corrected chi connectivity index (χ2v) is 6.57. The summed E-state index contributed by atoms with van der Waals surface area (Å²) in [6, 6.07) is 6.50. The summed E-state index contributed by atoms with van der Waals surface area (Å²) in [7, 11) is 0. The van der Waals surface area contributed by atoms with E-state index in [0.29, 0.717) is 0 Å². The molecule has 2 bridgehead atoms. The van der Waals surface area contributed by atoms with Crippen molar-refractivity contribution in [1.82, 2.24) is 0 Å². The van der Waals surface area contributed by atoms with Gasteiger partial charge >= 0.3 is 0 Å². The number of hydrogen-bond acceptors (Lipinski definition) is 2. The lowest BCUT2D eigenvalue weighted by molar-refractivity contribution is 0.196. The van der Waals surface area contributed by atoms with E-state index >= 15 is 0 Å². The lowest BCUT2D eigenvalue weighted by atomic mass is 9.89. The number of ether oxygens (including phenoxy) is 1. The number of benzene rings is 1. The normalized spacial score (nSPS) is 31.9. The molecule has 3 unspecified atom stereocenters. The first-order valence-electron chi connectivity index (χ1n) is 7.88. The molecule has 1 aromatic rings. The molecule has 3 atom stereocenters. The van der Waals surface area contributed by atoms with Crippen molar-refractivity contribution in [3.8, 4) is 5.75 Å². The molecule has 3 aliphatic rings. The topological polar surface area (TPSA) is 21.3 Å². The van der Waals surface area contributed by atoms with Crippen LogP contribution in [0.4, 0.5) is 5.69 Å². The third kappa shape index (κ3) is 2.11. The second-order valence-electron chi connectivity index (χ2n) is 6.57. The minimum atomic E-state index is 0.818. The number of fused-ring (bicyclic) bond motifs is 3. The maximum atomic E-state index is 6.18. The van der Waals surface area contributed by atoms with Gasteiger partial charge in [0.2, 0.25) is 0 Å². The van der Waals surface area contributed by atoms with Gasteiger partial charge < -0.3 is 10.1 Å². The van der Waals surface area contributed by atoms with Crippen molar-refractivity contribution in [3.63, 3.8) is 0 Å². The summed E-state index contributed by atoms with van der Waals surface area (Å²) in [5.74, 6) is 3.87. The lowest BCUT2D eigenvalue weighted by Gasteiger charge is -2.25. The van der Waals surface area contributed by atoms with E-state index in [4.69, 9.17) is 4.74 Å². The maximum absolute atomic E-state index is 6.18. The molecule has 102 valence electrons. The Hall–Kier alpha value is -1.18. The van der Waals surface area contributed by atoms with E-state index in [9.17, 15) is 0 Å². The number of rotatable bonds is 3. The van der Waals surface area contributed by atoms with Crippen LogP contribution in [0.3, 0.4) is 0 Å². The molecule has 1 aliphatic heterocycles. The van der Waals surface area contributed by atoms with Crippen LogP contribution in [0.5, 0.6) is 5.75 Å². The molecule has 1 N–H and O–H groups in total. The van der Waals surface area contributed by atoms with Gasteiger partial charge in [-0.2, -0.15) is 0 Å². The molecule has 19 heavy (non-hydrogen) atoms. The summed E-state index contributed by atoms with van der Waals surface area (Å²) in [5.41, 5.74) is 2.69. The zero-order valence-corrected chi connectivity index (χ0v) is 11.5. The van der Waals surface area contributed by atoms with Gasteiger partial charge in [0.1, 0.15) is 5.75 Å². The third-order valence-electron chi connectivity index (χ3n) is 5.37. The number of hydrogen-bond donors (Lipinski definition) is 1. The predicted octanol–water partition coefficient (Wildman–Crippen LogP) is 3.86. The Bertz CT molecular complexity index is 470. The highest BCUT2D eigenvalue weighted by molar-refractivity contribution is 5.63. The molecular weight excluding hydrogens is 234 g/mol. The van der Waals surface area contributed by atoms with E-state index in [1.165, 1.54) is 49.8 Å². The standard InChI is InChI=1S/C17H23NO/c1-3-13-4-2-8-18-17(13)16(5-1)19-11-15-10-12-6-7-14(15)9-12/h1,3,5,12,14-15,18H,2,4,6-11H2. The third-order valence-corrected chi connectivity index (χ3v) is 5.37. The summed E-state index contributed by atoms with van der Waals surface area (Å²) in [6.45, 7) is 2.01. The summed E-state index contributed by atoms with van der Waals surface area (Å²) < 4.78 is 6.18. The zero-order chi connectivity index (χ0) is 12.7. The molecule has 0 amide bonds. The van der Waals surface area contributed by atoms with Crippen LogP contribution in [0.15, 0.2) is 18.2 Å². The van der Waals surface area contributed by atoms with Crippen LogP contribution >= 0.6 is 0 Å². The first kappa shape index (κ1) is 11.6. The van der Waals surface area contributed by atoms with Crippen molar-refractivity contribution in [2.24, 2.45) is 17.8 Å². The Kier molecular flexibility index (Phi) is 2.90. The number of nitrogens with one attached hydrogen (secondary N) is 1. The minimum Gasteiger partial charge on any atom is -0.491 e. The van der Waals surface area contributed by atoms with Gasteiger partial charge in [0, 0.05) is 6.54 Å². The SMILES string of the molecule is c1cc2c(c(OCC3CC4CCC3C4)c1)NCCC2. The molecule has 0 spiro atoms. The van der Waals surface area contributed by atoms with E-state index in [0.717, 1.165) is 36.7 Å². The summed E-state index contributed by atoms with van der Waals surface area (Å²) >= 11 is 0. The molecule has 4 rings (SSSR count). The molecule has 1 heterocycles. The molecule has 2 heteroatoms. The van der Waals surface area contributed by atoms with Gasteiger partial charge in [0.05, 0.1) is 12.3 Å². The van der Waals surface area contributed by atoms with Gasteiger partial charge in [0.15, 0.2) is 0 Å². The lowest BCUT2D eigenvalue weighted by Crippen LogP contribution is -2.20. The number of para-hydroxylation sites is 1. The van der Waals surface area contributed by atoms with Crippen LogP contribution in [-0.4, -0.2) is 13.2 Å². The fraction of sp³-hybridized carbons (Fsp3) is 0.647. The Balaban J connectivity index is 1.45. The summed E-state index contributed by atoms with van der Waals surface area (Å²) in [4.78, 5) is 0. The Labute approximate surface area is 115 Å². The number of anilines is 1. The highest BCUT2D eigenvalue weighted by Crippen LogP contribution is 2.48. The molecule has 2 nitrogen and oxygen atoms in total. The minimum absolute atomic E-state index is 0.818. The van der Waals surface area contributed by atoms with E-state index in [1.807, 2.05) is 0 Å². The quantitative estimate of drug-likeness (QED) is 0.887. The van der Waals surface area contributed by atoms with Gasteiger partial charge in [-0.3, -0.25) is 0 Å². The first-order chi connectivity index (χ1) is 9.40. The van der Waals surface area contributed by atoms with Crippen LogP contribution in [0.1, 0.15) is 37.7 Å². The van der Waals surface area contributed by atoms with Gasteiger partial charge in [-0.05, 0) is 61.5 Å². The highest BCUT2D eigenvalue weighted by atomic mass is 16.5. The van der Waals surface area contributed by atoms with Crippen molar-refractivity contribution < 1.29 is 4.74 Å². The molecule has 0 aromatic heterocycles. The summed E-state index contributed by atoms with van der Waals surface area (Å²) in [6.07, 6.45) is 8.23. The van der Waals surface area contributed by atoms with Crippen molar-refractivity contribution in [2.45, 2.75) is 38.5 Å². The van der Waals surface area contributed by atoms with Crippen LogP contribution < -0.4 is 10.1 Å². The fourth-order valence-electron chi connectivity index (χ4n) is 4.38. The first-order valence-corrected chi connectivity index (χ1v) is 7.88. The van der Waals surface area contributed by atoms with E-state index in [-0.39, 0.29) is 0 Å². The van der Waals surface area contributed by atoms with Gasteiger partial charge in [-0.25, -0.2) is 0 Å². The second kappa shape index (κ2) is 4.73. The molecule has 0 radical (unpaired) electrons. The van der Waals surface area contributed by atoms with Crippen molar-refractivity contribution in [2.75, 3.05) is 18.5 Å². The number of aryl methyl sites for hydroxylation is 1. The Morgan fingerprint density at radius 3 is 3.05 bits per heavy atom. The maximum Gasteiger partial charge on any atom is 0.142 e. The van der Waals surface area contributed by atoms with Gasteiger partial charge in [-0.1, -0.05) is 18.6 Å². The molecule has 2 aliphatic carbocycles. The van der Waals surface area contributed by atoms with E-state index < -0.39 is 0 Å². The monoisotopic (exact) mass is 257 g/mol. The highest BCUT2D eigenvalue weighted by Gasteiger charge is 2.39. The average molecular weight is 257 g/mol. The fourth-order valence-corrected chi connectivity index (χ4v) is 4.38. The molecule has 2 saturated carbocycles. The average Bonchev–Trinajstić information content (AvgIpc) is 3.07. The van der Waals surface area contributed by atoms with E-state index in [2.05, 4.69) is 23.5 Å².